The number of rotatable bonds is 20. The van der Waals surface area contributed by atoms with Crippen molar-refractivity contribution in [2.24, 2.45) is 11.8 Å². The van der Waals surface area contributed by atoms with Gasteiger partial charge in [0.25, 0.3) is 5.09 Å². The Morgan fingerprint density at radius 2 is 1.88 bits per heavy atom. The molecule has 0 saturated heterocycles. The summed E-state index contributed by atoms with van der Waals surface area (Å²) >= 11 is 0. The van der Waals surface area contributed by atoms with E-state index in [-0.39, 0.29) is 36.7 Å². The first-order chi connectivity index (χ1) is 19.8. The second-order valence-electron chi connectivity index (χ2n) is 10.5. The monoisotopic (exact) mass is 574 g/mol. The molecule has 228 valence electrons. The second kappa shape index (κ2) is 19.8. The minimum Gasteiger partial charge on any atom is -0.458 e. The van der Waals surface area contributed by atoms with Crippen LogP contribution in [-0.2, 0) is 25.6 Å². The van der Waals surface area contributed by atoms with Gasteiger partial charge >= 0.3 is 5.97 Å². The van der Waals surface area contributed by atoms with Gasteiger partial charge in [-0.25, -0.2) is 0 Å². The summed E-state index contributed by atoms with van der Waals surface area (Å²) in [5, 5.41) is 33.5. The third kappa shape index (κ3) is 14.3. The van der Waals surface area contributed by atoms with Crippen LogP contribution in [0.5, 0.6) is 0 Å². The fraction of sp³-hybridized carbons (Fsp3) is 0.613. The molecule has 1 aliphatic carbocycles. The molecule has 0 radical (unpaired) electrons. The molecule has 10 nitrogen and oxygen atoms in total. The van der Waals surface area contributed by atoms with Gasteiger partial charge in [0.05, 0.1) is 18.8 Å². The minimum atomic E-state index is -0.824. The molecule has 1 aliphatic rings. The van der Waals surface area contributed by atoms with Crippen LogP contribution in [0.3, 0.4) is 0 Å². The van der Waals surface area contributed by atoms with Crippen molar-refractivity contribution in [1.29, 1.82) is 0 Å². The molecule has 5 atom stereocenters. The number of ether oxygens (including phenoxy) is 1. The average Bonchev–Trinajstić information content (AvgIpc) is 3.21. The van der Waals surface area contributed by atoms with E-state index in [4.69, 9.17) is 4.74 Å². The van der Waals surface area contributed by atoms with Crippen molar-refractivity contribution in [2.75, 3.05) is 13.2 Å². The molecule has 0 aromatic heterocycles. The number of amides is 1. The maximum Gasteiger partial charge on any atom is 0.306 e. The molecule has 0 spiro atoms. The Morgan fingerprint density at radius 1 is 1.10 bits per heavy atom. The van der Waals surface area contributed by atoms with E-state index in [1.807, 2.05) is 61.6 Å². The number of unbranched alkanes of at least 4 members (excludes halogenated alkanes) is 3. The lowest BCUT2D eigenvalue weighted by atomic mass is 9.89. The highest BCUT2D eigenvalue weighted by atomic mass is 16.9. The highest BCUT2D eigenvalue weighted by Crippen LogP contribution is 2.36. The Hall–Kier alpha value is -3.24. The topological polar surface area (TPSA) is 148 Å². The molecule has 1 saturated carbocycles. The van der Waals surface area contributed by atoms with E-state index in [0.717, 1.165) is 18.4 Å². The maximum absolute atomic E-state index is 12.6. The fourth-order valence-corrected chi connectivity index (χ4v) is 5.06. The maximum atomic E-state index is 12.6. The highest BCUT2D eigenvalue weighted by molar-refractivity contribution is 5.75. The Kier molecular flexibility index (Phi) is 16.4. The fourth-order valence-electron chi connectivity index (χ4n) is 5.06. The third-order valence-corrected chi connectivity index (χ3v) is 7.25. The van der Waals surface area contributed by atoms with Gasteiger partial charge in [0.1, 0.15) is 6.10 Å². The van der Waals surface area contributed by atoms with E-state index >= 15 is 0 Å². The number of carbonyl (C=O) groups excluding carboxylic acids is 2. The molecule has 1 aromatic rings. The standard InChI is InChI=1S/C31H46N2O8/c1-2-32-30(36)16-10-4-3-9-15-26-27(29(35)23-28(26)34)21-20-25(19-18-24-13-7-5-8-14-24)41-31(37)17-11-6-12-22-40-33(38)39/h3,5,7-9,13-14,20-21,25-29,34-35H,2,4,6,10-12,15-19,22-23H2,1H3,(H,32,36)/b9-3-,21-20+/t25-,26+,27+,28-,29+/m0/s1. The SMILES string of the molecule is CCNC(=O)CCC/C=C\C[C@@H]1[C@@H](/C=C/[C@H](CCc2ccccc2)OC(=O)CCCCCO[N+](=O)[O-])[C@H](O)C[C@@H]1O. The van der Waals surface area contributed by atoms with Crippen LogP contribution in [0.2, 0.25) is 0 Å². The van der Waals surface area contributed by atoms with E-state index < -0.39 is 23.4 Å². The van der Waals surface area contributed by atoms with E-state index in [9.17, 15) is 29.9 Å². The lowest BCUT2D eigenvalue weighted by Gasteiger charge is -2.21. The number of aliphatic hydroxyl groups is 2. The molecular weight excluding hydrogens is 528 g/mol. The zero-order valence-corrected chi connectivity index (χ0v) is 24.1. The van der Waals surface area contributed by atoms with Crippen LogP contribution < -0.4 is 5.32 Å². The van der Waals surface area contributed by atoms with Gasteiger partial charge in [0, 0.05) is 31.7 Å². The van der Waals surface area contributed by atoms with Crippen molar-refractivity contribution in [3.05, 3.63) is 70.3 Å². The molecule has 3 N–H and O–H groups in total. The van der Waals surface area contributed by atoms with Crippen LogP contribution >= 0.6 is 0 Å². The van der Waals surface area contributed by atoms with Gasteiger partial charge in [-0.3, -0.25) is 9.59 Å². The Morgan fingerprint density at radius 3 is 2.61 bits per heavy atom. The van der Waals surface area contributed by atoms with E-state index in [1.54, 1.807) is 0 Å². The number of nitrogens with one attached hydrogen (secondary N) is 1. The zero-order chi connectivity index (χ0) is 29.9. The van der Waals surface area contributed by atoms with Crippen molar-refractivity contribution in [3.63, 3.8) is 0 Å². The minimum absolute atomic E-state index is 0.00647. The summed E-state index contributed by atoms with van der Waals surface area (Å²) < 4.78 is 5.78. The number of aryl methyl sites for hydroxylation is 1. The predicted molar refractivity (Wildman–Crippen MR) is 155 cm³/mol. The lowest BCUT2D eigenvalue weighted by molar-refractivity contribution is -0.757. The first kappa shape index (κ1) is 34.0. The van der Waals surface area contributed by atoms with Gasteiger partial charge in [-0.15, -0.1) is 10.1 Å². The molecule has 10 heteroatoms. The number of aliphatic hydroxyl groups excluding tert-OH is 2. The smallest absolute Gasteiger partial charge is 0.306 e. The number of esters is 1. The largest absolute Gasteiger partial charge is 0.458 e. The Labute approximate surface area is 242 Å². The van der Waals surface area contributed by atoms with Crippen LogP contribution in [0.4, 0.5) is 0 Å². The predicted octanol–water partition coefficient (Wildman–Crippen LogP) is 4.47. The number of hydrogen-bond acceptors (Lipinski definition) is 8. The first-order valence-electron chi connectivity index (χ1n) is 14.8. The van der Waals surface area contributed by atoms with Gasteiger partial charge in [0.15, 0.2) is 0 Å². The molecule has 2 rings (SSSR count). The molecule has 0 unspecified atom stereocenters. The normalized spacial score (nSPS) is 21.2. The second-order valence-corrected chi connectivity index (χ2v) is 10.5. The summed E-state index contributed by atoms with van der Waals surface area (Å²) in [7, 11) is 0. The number of benzene rings is 1. The Bertz CT molecular complexity index is 968. The molecule has 41 heavy (non-hydrogen) atoms. The van der Waals surface area contributed by atoms with E-state index in [2.05, 4.69) is 10.2 Å². The summed E-state index contributed by atoms with van der Waals surface area (Å²) in [4.78, 5) is 38.7. The quantitative estimate of drug-likeness (QED) is 0.0679. The molecule has 1 aromatic carbocycles. The Balaban J connectivity index is 1.93. The van der Waals surface area contributed by atoms with Gasteiger partial charge in [-0.05, 0) is 69.4 Å². The zero-order valence-electron chi connectivity index (χ0n) is 24.1. The van der Waals surface area contributed by atoms with Crippen molar-refractivity contribution < 1.29 is 34.5 Å². The molecule has 1 fully saturated rings. The molecule has 0 heterocycles. The van der Waals surface area contributed by atoms with Crippen molar-refractivity contribution in [1.82, 2.24) is 5.32 Å². The van der Waals surface area contributed by atoms with Crippen LogP contribution in [0, 0.1) is 22.0 Å². The average molecular weight is 575 g/mol. The highest BCUT2D eigenvalue weighted by Gasteiger charge is 2.39. The van der Waals surface area contributed by atoms with Crippen molar-refractivity contribution in [3.8, 4) is 0 Å². The van der Waals surface area contributed by atoms with E-state index in [0.29, 0.717) is 57.9 Å². The third-order valence-electron chi connectivity index (χ3n) is 7.25. The van der Waals surface area contributed by atoms with Crippen LogP contribution in [0.15, 0.2) is 54.6 Å². The number of carbonyl (C=O) groups is 2. The lowest BCUT2D eigenvalue weighted by Crippen LogP contribution is -2.22. The summed E-state index contributed by atoms with van der Waals surface area (Å²) in [6.07, 6.45) is 11.9. The summed E-state index contributed by atoms with van der Waals surface area (Å²) in [5.41, 5.74) is 1.12. The van der Waals surface area contributed by atoms with Crippen molar-refractivity contribution in [2.45, 2.75) is 95.9 Å². The summed E-state index contributed by atoms with van der Waals surface area (Å²) in [5.74, 6) is -0.732. The number of allylic oxidation sites excluding steroid dienone is 2. The van der Waals surface area contributed by atoms with Gasteiger partial charge in [-0.2, -0.15) is 0 Å². The molecule has 1 amide bonds. The number of nitrogens with zero attached hydrogens (tertiary/aromatic N) is 1. The van der Waals surface area contributed by atoms with Gasteiger partial charge < -0.3 is 25.1 Å². The van der Waals surface area contributed by atoms with Crippen LogP contribution in [0.25, 0.3) is 0 Å². The molecule has 0 aliphatic heterocycles. The first-order valence-corrected chi connectivity index (χ1v) is 14.8. The van der Waals surface area contributed by atoms with Crippen LogP contribution in [-0.4, -0.2) is 58.6 Å². The van der Waals surface area contributed by atoms with E-state index in [1.165, 1.54) is 0 Å². The van der Waals surface area contributed by atoms with Gasteiger partial charge in [0.2, 0.25) is 5.91 Å². The van der Waals surface area contributed by atoms with Gasteiger partial charge in [-0.1, -0.05) is 55.0 Å². The van der Waals surface area contributed by atoms with Crippen LogP contribution in [0.1, 0.15) is 76.7 Å². The van der Waals surface area contributed by atoms with Crippen molar-refractivity contribution >= 4 is 11.9 Å². The number of hydrogen-bond donors (Lipinski definition) is 3. The summed E-state index contributed by atoms with van der Waals surface area (Å²) in [6.45, 7) is 2.52. The molecule has 0 bridgehead atoms. The summed E-state index contributed by atoms with van der Waals surface area (Å²) in [6, 6.07) is 9.91. The molecular formula is C31H46N2O8.